The molecule has 29 nitrogen and oxygen atoms in total. The maximum absolute atomic E-state index is 13.8. The van der Waals surface area contributed by atoms with Crippen molar-refractivity contribution < 1.29 is 71.9 Å². The molecule has 6 N–H and O–H groups in total. The lowest BCUT2D eigenvalue weighted by Crippen LogP contribution is -2.42. The fourth-order valence-corrected chi connectivity index (χ4v) is 12.8. The maximum atomic E-state index is 13.8. The number of carboxylic acids is 1. The number of isocyanates is 1. The standard InChI is InChI=1S/C42H49N7O4.C16H23N3O4.C15H21N3O4.C9H7NO3.3CH4/c1-47(21-22-48-23-25-53-26-24-48)42(52)44-33-12-7-11-31(27-33)40(50)46-38-16-15-34(49-19-5-2-6-20-49)29-36(38)39-28-32(17-18-43-39)41(51)45-37-14-8-10-30-9-3-4-13-35(30)37;1-18(6-7-19-8-10-23-11-9-19)16(21)17-14-5-3-4-13(12-14)15(20)22-2;1-17(5-6-18-7-9-22-10-8-18)15(21)16-13-4-2-3-12(11-13)14(19)20;1-13-9(12)7-3-2-4-8(5-7)10-6-11;;;/h3-4,7,9,11-13,15-18,27-29,37H,2,5-6,8,10,14,19-26H2,1H3,(H,44,52)(H,45,51)(H,46,50);3-5,12H,6-11H2,1-2H3,(H,17,21);2-4,11H,5-10H2,1H3,(H,16,21)(H,19,20);2-5H,1H3;3*1H4. The van der Waals surface area contributed by atoms with Crippen molar-refractivity contribution in [2.45, 2.75) is 66.8 Å². The summed E-state index contributed by atoms with van der Waals surface area (Å²) < 4.78 is 25.2. The number of methoxy groups -OCH3 is 2. The van der Waals surface area contributed by atoms with Gasteiger partial charge in [-0.25, -0.2) is 33.6 Å². The second kappa shape index (κ2) is 47.8. The number of likely N-dealkylation sites (N-methyl/N-ethyl adjacent to an activating group) is 3. The number of hydrogen-bond donors (Lipinski definition) is 6. The number of morpholine rings is 3. The number of amides is 8. The summed E-state index contributed by atoms with van der Waals surface area (Å²) in [6.45, 7) is 15.8. The molecule has 8 amide bonds. The fourth-order valence-electron chi connectivity index (χ4n) is 12.8. The van der Waals surface area contributed by atoms with E-state index in [1.54, 1.807) is 133 Å². The first-order chi connectivity index (χ1) is 53.8. The SMILES string of the molecule is C.C.C.CN(CCN1CCOCC1)C(=O)Nc1cccc(C(=O)Nc2ccc(N3CCCCC3)cc2-c2cc(C(=O)NC3CCCc4ccccc43)ccn2)c1.CN(CCN1CCOCC1)C(=O)Nc1cccc(C(=O)O)c1.COC(=O)c1cccc(N=C=O)c1.COC(=O)c1cccc(NC(=O)N(C)CCN2CCOCC2)c1. The molecular formula is C85H112N14O15. The van der Waals surface area contributed by atoms with Crippen LogP contribution in [0, 0.1) is 0 Å². The second-order valence-electron chi connectivity index (χ2n) is 27.0. The lowest BCUT2D eigenvalue weighted by atomic mass is 9.87. The van der Waals surface area contributed by atoms with E-state index in [4.69, 9.17) is 24.3 Å². The molecule has 1 aromatic heterocycles. The van der Waals surface area contributed by atoms with E-state index in [1.165, 1.54) is 56.0 Å². The number of benzene rings is 6. The van der Waals surface area contributed by atoms with Gasteiger partial charge in [-0.2, -0.15) is 4.99 Å². The highest BCUT2D eigenvalue weighted by molar-refractivity contribution is 6.08. The van der Waals surface area contributed by atoms with Gasteiger partial charge in [-0.05, 0) is 153 Å². The lowest BCUT2D eigenvalue weighted by molar-refractivity contribution is 0.0358. The number of esters is 2. The molecule has 4 fully saturated rings. The average Bonchev–Trinajstić information content (AvgIpc) is 0.797. The van der Waals surface area contributed by atoms with Gasteiger partial charge in [-0.1, -0.05) is 70.8 Å². The van der Waals surface area contributed by atoms with E-state index in [9.17, 15) is 43.2 Å². The van der Waals surface area contributed by atoms with Crippen LogP contribution in [0.5, 0.6) is 0 Å². The Morgan fingerprint density at radius 2 is 0.974 bits per heavy atom. The van der Waals surface area contributed by atoms with Crippen LogP contribution in [0.4, 0.5) is 48.5 Å². The number of carbonyl (C=O) groups is 8. The number of aryl methyl sites for hydroxylation is 1. The molecule has 0 radical (unpaired) electrons. The van der Waals surface area contributed by atoms with Crippen molar-refractivity contribution in [1.29, 1.82) is 0 Å². The van der Waals surface area contributed by atoms with Crippen LogP contribution in [0.3, 0.4) is 0 Å². The lowest BCUT2D eigenvalue weighted by Gasteiger charge is -2.29. The number of hydrogen-bond acceptors (Lipinski definition) is 20. The van der Waals surface area contributed by atoms with Crippen molar-refractivity contribution in [2.75, 3.05) is 193 Å². The molecule has 4 aliphatic heterocycles. The van der Waals surface area contributed by atoms with E-state index < -0.39 is 17.9 Å². The van der Waals surface area contributed by atoms with Crippen molar-refractivity contribution >= 4 is 88.0 Å². The highest BCUT2D eigenvalue weighted by Gasteiger charge is 2.25. The summed E-state index contributed by atoms with van der Waals surface area (Å²) in [5.74, 6) is -2.38. The summed E-state index contributed by atoms with van der Waals surface area (Å²) in [4.78, 5) is 130. The normalized spacial score (nSPS) is 15.1. The van der Waals surface area contributed by atoms with Crippen LogP contribution in [-0.2, 0) is 34.9 Å². The monoisotopic (exact) mass is 1570 g/mol. The molecule has 0 saturated carbocycles. The van der Waals surface area contributed by atoms with Gasteiger partial charge in [-0.15, -0.1) is 0 Å². The molecule has 0 spiro atoms. The zero-order chi connectivity index (χ0) is 78.9. The summed E-state index contributed by atoms with van der Waals surface area (Å²) in [6.07, 6.45) is 9.46. The number of carbonyl (C=O) groups excluding carboxylic acids is 8. The number of ether oxygens (including phenoxy) is 5. The molecule has 114 heavy (non-hydrogen) atoms. The van der Waals surface area contributed by atoms with Gasteiger partial charge in [-0.3, -0.25) is 29.3 Å². The summed E-state index contributed by atoms with van der Waals surface area (Å²) in [5.41, 5.74) is 9.20. The summed E-state index contributed by atoms with van der Waals surface area (Å²) >= 11 is 0. The number of piperidine rings is 1. The van der Waals surface area contributed by atoms with E-state index >= 15 is 0 Å². The first-order valence-electron chi connectivity index (χ1n) is 37.2. The Morgan fingerprint density at radius 3 is 1.48 bits per heavy atom. The fraction of sp³-hybridized carbons (Fsp3) is 0.412. The summed E-state index contributed by atoms with van der Waals surface area (Å²) in [5, 5.41) is 23.7. The third-order valence-electron chi connectivity index (χ3n) is 19.3. The van der Waals surface area contributed by atoms with Gasteiger partial charge >= 0.3 is 36.0 Å². The van der Waals surface area contributed by atoms with Crippen molar-refractivity contribution in [2.24, 2.45) is 4.99 Å². The van der Waals surface area contributed by atoms with Gasteiger partial charge < -0.3 is 75.0 Å². The molecule has 1 atom stereocenters. The summed E-state index contributed by atoms with van der Waals surface area (Å²) in [6, 6.07) is 43.2. The van der Waals surface area contributed by atoms with Gasteiger partial charge in [0, 0.05) is 158 Å². The number of pyridine rings is 1. The van der Waals surface area contributed by atoms with Gasteiger partial charge in [0.25, 0.3) is 11.8 Å². The van der Waals surface area contributed by atoms with Gasteiger partial charge in [0.2, 0.25) is 6.08 Å². The topological polar surface area (TPSA) is 328 Å². The quantitative estimate of drug-likeness (QED) is 0.0209. The minimum Gasteiger partial charge on any atom is -0.478 e. The number of fused-ring (bicyclic) bond motifs is 1. The molecule has 5 aliphatic rings. The van der Waals surface area contributed by atoms with Gasteiger partial charge in [0.15, 0.2) is 0 Å². The third-order valence-corrected chi connectivity index (χ3v) is 19.3. The molecule has 29 heteroatoms. The molecule has 612 valence electrons. The van der Waals surface area contributed by atoms with Crippen molar-refractivity contribution in [3.63, 3.8) is 0 Å². The molecule has 4 saturated heterocycles. The van der Waals surface area contributed by atoms with E-state index in [0.717, 1.165) is 142 Å². The number of rotatable bonds is 22. The van der Waals surface area contributed by atoms with Crippen molar-refractivity contribution in [3.8, 4) is 11.3 Å². The van der Waals surface area contributed by atoms with Crippen LogP contribution in [-0.4, -0.2) is 260 Å². The molecule has 5 heterocycles. The molecular weight excluding hydrogens is 1460 g/mol. The predicted molar refractivity (Wildman–Crippen MR) is 443 cm³/mol. The first-order valence-corrected chi connectivity index (χ1v) is 37.2. The van der Waals surface area contributed by atoms with Crippen LogP contribution >= 0.6 is 0 Å². The van der Waals surface area contributed by atoms with Crippen molar-refractivity contribution in [3.05, 3.63) is 197 Å². The van der Waals surface area contributed by atoms with E-state index in [1.807, 2.05) is 18.2 Å². The number of urea groups is 3. The zero-order valence-corrected chi connectivity index (χ0v) is 63.7. The number of anilines is 5. The Hall–Kier alpha value is -11.4. The number of nitrogens with one attached hydrogen (secondary N) is 5. The minimum absolute atomic E-state index is 0. The molecule has 0 bridgehead atoms. The third kappa shape index (κ3) is 28.6. The summed E-state index contributed by atoms with van der Waals surface area (Å²) in [7, 11) is 7.85. The highest BCUT2D eigenvalue weighted by atomic mass is 16.5. The van der Waals surface area contributed by atoms with Gasteiger partial charge in [0.1, 0.15) is 0 Å². The Labute approximate surface area is 669 Å². The Kier molecular flexibility index (Phi) is 38.4. The molecule has 1 unspecified atom stereocenters. The minimum atomic E-state index is -1.02. The number of carboxylic acid groups (broad SMARTS) is 1. The van der Waals surface area contributed by atoms with Crippen LogP contribution in [0.25, 0.3) is 11.3 Å². The van der Waals surface area contributed by atoms with Crippen LogP contribution in [0.1, 0.15) is 123 Å². The van der Waals surface area contributed by atoms with Gasteiger partial charge in [0.05, 0.1) is 93.7 Å². The highest BCUT2D eigenvalue weighted by Crippen LogP contribution is 2.35. The number of aliphatic imine (C=N–C) groups is 1. The molecule has 7 aromatic rings. The zero-order valence-electron chi connectivity index (χ0n) is 63.7. The van der Waals surface area contributed by atoms with Crippen LogP contribution in [0.15, 0.2) is 163 Å². The average molecular weight is 1570 g/mol. The maximum Gasteiger partial charge on any atom is 0.337 e. The molecule has 6 aromatic carbocycles. The van der Waals surface area contributed by atoms with E-state index in [2.05, 4.69) is 84.9 Å². The predicted octanol–water partition coefficient (Wildman–Crippen LogP) is 12.4. The number of nitrogens with zero attached hydrogens (tertiary/aromatic N) is 9. The molecule has 12 rings (SSSR count). The van der Waals surface area contributed by atoms with E-state index in [-0.39, 0.29) is 63.8 Å². The Balaban J connectivity index is 0.000000274. The molecule has 1 aliphatic carbocycles. The Bertz CT molecular complexity index is 4330. The van der Waals surface area contributed by atoms with E-state index in [0.29, 0.717) is 89.2 Å². The van der Waals surface area contributed by atoms with Crippen LogP contribution in [0.2, 0.25) is 0 Å². The first kappa shape index (κ1) is 91.4. The number of aromatic carboxylic acids is 1. The smallest absolute Gasteiger partial charge is 0.337 e. The Morgan fingerprint density at radius 1 is 0.509 bits per heavy atom. The van der Waals surface area contributed by atoms with Crippen molar-refractivity contribution in [1.82, 2.24) is 39.7 Å². The largest absolute Gasteiger partial charge is 0.478 e. The van der Waals surface area contributed by atoms with Crippen LogP contribution < -0.4 is 31.5 Å². The number of aromatic nitrogens is 1. The second-order valence-corrected chi connectivity index (χ2v) is 27.0.